The van der Waals surface area contributed by atoms with Crippen LogP contribution in [-0.2, 0) is 32.7 Å². The van der Waals surface area contributed by atoms with Gasteiger partial charge in [-0.15, -0.1) is 6.58 Å². The molecule has 0 bridgehead atoms. The van der Waals surface area contributed by atoms with Crippen LogP contribution < -0.4 is 5.73 Å². The SMILES string of the molecule is C=CCCCCCCCCCCCCCCCC(=O)OC[C@H](COP(=O)(O)OCCN)OC(=O)CCCCCCC/C=C/C=C/CCCCCC. The summed E-state index contributed by atoms with van der Waals surface area (Å²) in [6, 6.07) is 0. The number of rotatable bonds is 39. The molecule has 0 heterocycles. The smallest absolute Gasteiger partial charge is 0.462 e. The van der Waals surface area contributed by atoms with Crippen LogP contribution in [0.25, 0.3) is 0 Å². The summed E-state index contributed by atoms with van der Waals surface area (Å²) in [6.45, 7) is 5.21. The minimum Gasteiger partial charge on any atom is -0.462 e. The highest BCUT2D eigenvalue weighted by Crippen LogP contribution is 2.43. The van der Waals surface area contributed by atoms with Crippen molar-refractivity contribution in [2.24, 2.45) is 5.73 Å². The Morgan fingerprint density at radius 1 is 0.647 bits per heavy atom. The highest BCUT2D eigenvalue weighted by molar-refractivity contribution is 7.47. The lowest BCUT2D eigenvalue weighted by atomic mass is 10.0. The fourth-order valence-electron chi connectivity index (χ4n) is 5.60. The van der Waals surface area contributed by atoms with Gasteiger partial charge in [-0.25, -0.2) is 4.57 Å². The molecule has 0 saturated carbocycles. The van der Waals surface area contributed by atoms with E-state index in [2.05, 4.69) is 37.8 Å². The minimum absolute atomic E-state index is 0.0500. The highest BCUT2D eigenvalue weighted by Gasteiger charge is 2.26. The molecule has 0 radical (unpaired) electrons. The van der Waals surface area contributed by atoms with E-state index in [1.54, 1.807) is 0 Å². The van der Waals surface area contributed by atoms with Crippen LogP contribution in [0.2, 0.25) is 0 Å². The number of esters is 2. The molecule has 0 aromatic rings. The molecule has 1 unspecified atom stereocenters. The van der Waals surface area contributed by atoms with E-state index in [4.69, 9.17) is 24.3 Å². The molecule has 0 aromatic carbocycles. The van der Waals surface area contributed by atoms with Gasteiger partial charge in [-0.1, -0.05) is 146 Å². The first-order valence-electron chi connectivity index (χ1n) is 20.4. The van der Waals surface area contributed by atoms with Crippen LogP contribution >= 0.6 is 7.82 Å². The number of hydrogen-bond donors (Lipinski definition) is 2. The Morgan fingerprint density at radius 3 is 1.59 bits per heavy atom. The molecule has 0 aromatic heterocycles. The first-order valence-corrected chi connectivity index (χ1v) is 21.9. The van der Waals surface area contributed by atoms with Gasteiger partial charge in [0.05, 0.1) is 13.2 Å². The van der Waals surface area contributed by atoms with Crippen molar-refractivity contribution < 1.29 is 37.6 Å². The van der Waals surface area contributed by atoms with Crippen molar-refractivity contribution in [2.45, 2.75) is 186 Å². The van der Waals surface area contributed by atoms with E-state index in [9.17, 15) is 19.0 Å². The number of ether oxygens (including phenoxy) is 2. The van der Waals surface area contributed by atoms with E-state index in [-0.39, 0.29) is 38.6 Å². The third-order valence-electron chi connectivity index (χ3n) is 8.67. The summed E-state index contributed by atoms with van der Waals surface area (Å²) in [6.07, 6.45) is 39.2. The largest absolute Gasteiger partial charge is 0.472 e. The summed E-state index contributed by atoms with van der Waals surface area (Å²) in [5.41, 5.74) is 5.34. The van der Waals surface area contributed by atoms with Gasteiger partial charge in [0.2, 0.25) is 0 Å². The normalized spacial score (nSPS) is 13.5. The summed E-state index contributed by atoms with van der Waals surface area (Å²) in [4.78, 5) is 34.8. The summed E-state index contributed by atoms with van der Waals surface area (Å²) in [5.74, 6) is -0.848. The Labute approximate surface area is 312 Å². The number of carbonyl (C=O) groups excluding carboxylic acids is 2. The number of unbranched alkanes of at least 4 members (excludes halogenated alkanes) is 22. The molecule has 0 rings (SSSR count). The Bertz CT molecular complexity index is 925. The van der Waals surface area contributed by atoms with Crippen molar-refractivity contribution in [3.05, 3.63) is 37.0 Å². The maximum Gasteiger partial charge on any atom is 0.472 e. The fourth-order valence-corrected chi connectivity index (χ4v) is 6.37. The van der Waals surface area contributed by atoms with E-state index < -0.39 is 26.5 Å². The molecule has 0 aliphatic rings. The van der Waals surface area contributed by atoms with Crippen LogP contribution in [-0.4, -0.2) is 49.3 Å². The lowest BCUT2D eigenvalue weighted by Crippen LogP contribution is -2.29. The van der Waals surface area contributed by atoms with Gasteiger partial charge in [-0.2, -0.15) is 0 Å². The summed E-state index contributed by atoms with van der Waals surface area (Å²) >= 11 is 0. The van der Waals surface area contributed by atoms with Gasteiger partial charge in [0.15, 0.2) is 6.10 Å². The Hall–Kier alpha value is -1.77. The Morgan fingerprint density at radius 2 is 1.10 bits per heavy atom. The van der Waals surface area contributed by atoms with E-state index in [1.807, 2.05) is 6.08 Å². The summed E-state index contributed by atoms with van der Waals surface area (Å²) in [7, 11) is -4.38. The number of phosphoric ester groups is 1. The third-order valence-corrected chi connectivity index (χ3v) is 9.66. The standard InChI is InChI=1S/C41H76NO8P/c1-3-5-7-9-11-13-15-17-19-21-23-25-27-29-31-33-40(43)47-37-39(38-49-51(45,46)48-36-35-42)50-41(44)34-32-30-28-26-24-22-20-18-16-14-12-10-8-6-4-2/h3,14,16,18,20,39H,1,4-13,15,17,19,21-38,42H2,2H3,(H,45,46)/b16-14+,20-18+/t39-/m1/s1. The van der Waals surface area contributed by atoms with Crippen molar-refractivity contribution in [1.29, 1.82) is 0 Å². The van der Waals surface area contributed by atoms with Crippen LogP contribution in [0.1, 0.15) is 180 Å². The quantitative estimate of drug-likeness (QED) is 0.0207. The first kappa shape index (κ1) is 49.2. The summed E-state index contributed by atoms with van der Waals surface area (Å²) in [5, 5.41) is 0. The zero-order chi connectivity index (χ0) is 37.5. The molecule has 0 amide bonds. The average molecular weight is 742 g/mol. The molecule has 298 valence electrons. The van der Waals surface area contributed by atoms with Gasteiger partial charge < -0.3 is 20.1 Å². The maximum atomic E-state index is 12.5. The molecule has 51 heavy (non-hydrogen) atoms. The molecule has 10 heteroatoms. The van der Waals surface area contributed by atoms with Gasteiger partial charge in [-0.05, 0) is 51.4 Å². The fraction of sp³-hybridized carbons (Fsp3) is 0.805. The van der Waals surface area contributed by atoms with Gasteiger partial charge >= 0.3 is 19.8 Å². The predicted molar refractivity (Wildman–Crippen MR) is 210 cm³/mol. The van der Waals surface area contributed by atoms with Crippen molar-refractivity contribution in [3.8, 4) is 0 Å². The lowest BCUT2D eigenvalue weighted by molar-refractivity contribution is -0.161. The van der Waals surface area contributed by atoms with E-state index in [0.717, 1.165) is 64.2 Å². The molecule has 3 N–H and O–H groups in total. The minimum atomic E-state index is -4.38. The first-order chi connectivity index (χ1) is 24.8. The molecular formula is C41H76NO8P. The molecule has 0 aliphatic carbocycles. The summed E-state index contributed by atoms with van der Waals surface area (Å²) < 4.78 is 32.7. The van der Waals surface area contributed by atoms with Crippen molar-refractivity contribution in [2.75, 3.05) is 26.4 Å². The van der Waals surface area contributed by atoms with E-state index in [0.29, 0.717) is 6.42 Å². The number of phosphoric acid groups is 1. The Balaban J connectivity index is 4.19. The van der Waals surface area contributed by atoms with Crippen LogP contribution in [0.3, 0.4) is 0 Å². The van der Waals surface area contributed by atoms with Gasteiger partial charge in [0, 0.05) is 19.4 Å². The van der Waals surface area contributed by atoms with Crippen molar-refractivity contribution in [1.82, 2.24) is 0 Å². The number of allylic oxidation sites excluding steroid dienone is 5. The topological polar surface area (TPSA) is 134 Å². The number of nitrogens with two attached hydrogens (primary N) is 1. The van der Waals surface area contributed by atoms with Crippen molar-refractivity contribution >= 4 is 19.8 Å². The predicted octanol–water partition coefficient (Wildman–Crippen LogP) is 11.4. The van der Waals surface area contributed by atoms with Crippen LogP contribution in [0.4, 0.5) is 0 Å². The van der Waals surface area contributed by atoms with Crippen molar-refractivity contribution in [3.63, 3.8) is 0 Å². The number of carbonyl (C=O) groups is 2. The van der Waals surface area contributed by atoms with E-state index >= 15 is 0 Å². The van der Waals surface area contributed by atoms with Gasteiger partial charge in [0.1, 0.15) is 6.61 Å². The van der Waals surface area contributed by atoms with Crippen LogP contribution in [0.15, 0.2) is 37.0 Å². The molecule has 9 nitrogen and oxygen atoms in total. The Kier molecular flexibility index (Phi) is 36.7. The zero-order valence-electron chi connectivity index (χ0n) is 32.4. The lowest BCUT2D eigenvalue weighted by Gasteiger charge is -2.19. The highest BCUT2D eigenvalue weighted by atomic mass is 31.2. The molecule has 0 aliphatic heterocycles. The second kappa shape index (κ2) is 38.0. The third kappa shape index (κ3) is 37.8. The molecule has 0 saturated heterocycles. The second-order valence-corrected chi connectivity index (χ2v) is 15.1. The number of hydrogen-bond acceptors (Lipinski definition) is 8. The van der Waals surface area contributed by atoms with Gasteiger partial charge in [-0.3, -0.25) is 18.6 Å². The molecule has 0 spiro atoms. The van der Waals surface area contributed by atoms with E-state index in [1.165, 1.54) is 89.9 Å². The van der Waals surface area contributed by atoms with Gasteiger partial charge in [0.25, 0.3) is 0 Å². The van der Waals surface area contributed by atoms with Crippen LogP contribution in [0, 0.1) is 0 Å². The maximum absolute atomic E-state index is 12.5. The molecule has 2 atom stereocenters. The second-order valence-electron chi connectivity index (χ2n) is 13.6. The zero-order valence-corrected chi connectivity index (χ0v) is 33.3. The monoisotopic (exact) mass is 742 g/mol. The molecule has 0 fully saturated rings. The van der Waals surface area contributed by atoms with Crippen LogP contribution in [0.5, 0.6) is 0 Å². The molecular weight excluding hydrogens is 665 g/mol. The average Bonchev–Trinajstić information content (AvgIpc) is 3.11.